The number of benzene rings is 2. The molecule has 1 heterocycles. The molecule has 178 valence electrons. The molecule has 0 aliphatic carbocycles. The Balaban J connectivity index is 2.08. The van der Waals surface area contributed by atoms with E-state index in [1.807, 2.05) is 12.1 Å². The molecule has 3 rings (SSSR count). The number of hydrogen-bond donors (Lipinski definition) is 2. The molecule has 2 N–H and O–H groups in total. The van der Waals surface area contributed by atoms with E-state index in [1.165, 1.54) is 0 Å². The number of pyridine rings is 1. The first kappa shape index (κ1) is 25.1. The number of aromatic amines is 1. The predicted molar refractivity (Wildman–Crippen MR) is 135 cm³/mol. The lowest BCUT2D eigenvalue weighted by molar-refractivity contribution is 0.392. The van der Waals surface area contributed by atoms with Gasteiger partial charge in [0.2, 0.25) is 10.0 Å². The highest BCUT2D eigenvalue weighted by Gasteiger charge is 2.25. The average molecular weight is 480 g/mol. The highest BCUT2D eigenvalue weighted by molar-refractivity contribution is 7.92. The Bertz CT molecular complexity index is 1380. The normalized spacial score (nSPS) is 12.6. The molecule has 0 fully saturated rings. The van der Waals surface area contributed by atoms with Crippen molar-refractivity contribution in [3.63, 3.8) is 0 Å². The van der Waals surface area contributed by atoms with Gasteiger partial charge in [0.1, 0.15) is 5.75 Å². The number of nitrogens with zero attached hydrogens (tertiary/aromatic N) is 1. The SMILES string of the molecule is COc1c(CC(C#N)c2ccc(NS(C)(=O)=O)cc2)cc(-c2ccc[nH]c2=O)cc1C(C)(C)C. The van der Waals surface area contributed by atoms with Gasteiger partial charge in [-0.1, -0.05) is 32.9 Å². The smallest absolute Gasteiger partial charge is 0.255 e. The zero-order valence-electron chi connectivity index (χ0n) is 20.0. The summed E-state index contributed by atoms with van der Waals surface area (Å²) in [6.45, 7) is 6.22. The lowest BCUT2D eigenvalue weighted by Crippen LogP contribution is -2.16. The van der Waals surface area contributed by atoms with Gasteiger partial charge in [-0.2, -0.15) is 5.26 Å². The molecule has 1 atom stereocenters. The quantitative estimate of drug-likeness (QED) is 0.516. The molecule has 0 spiro atoms. The van der Waals surface area contributed by atoms with Gasteiger partial charge in [-0.25, -0.2) is 8.42 Å². The fraction of sp³-hybridized carbons (Fsp3) is 0.308. The van der Waals surface area contributed by atoms with Crippen molar-refractivity contribution in [1.82, 2.24) is 4.98 Å². The molecule has 2 aromatic carbocycles. The summed E-state index contributed by atoms with van der Waals surface area (Å²) >= 11 is 0. The minimum Gasteiger partial charge on any atom is -0.496 e. The monoisotopic (exact) mass is 479 g/mol. The van der Waals surface area contributed by atoms with Crippen LogP contribution in [0.25, 0.3) is 11.1 Å². The molecule has 1 aromatic heterocycles. The highest BCUT2D eigenvalue weighted by Crippen LogP contribution is 2.39. The van der Waals surface area contributed by atoms with Crippen LogP contribution < -0.4 is 15.0 Å². The lowest BCUT2D eigenvalue weighted by Gasteiger charge is -2.26. The van der Waals surface area contributed by atoms with E-state index in [1.54, 1.807) is 49.7 Å². The summed E-state index contributed by atoms with van der Waals surface area (Å²) in [6, 6.07) is 16.5. The van der Waals surface area contributed by atoms with Crippen molar-refractivity contribution in [2.45, 2.75) is 38.5 Å². The predicted octanol–water partition coefficient (Wildman–Crippen LogP) is 4.57. The first-order valence-electron chi connectivity index (χ1n) is 10.8. The maximum absolute atomic E-state index is 12.5. The summed E-state index contributed by atoms with van der Waals surface area (Å²) in [6.07, 6.45) is 3.04. The third-order valence-corrected chi connectivity index (χ3v) is 6.11. The molecule has 34 heavy (non-hydrogen) atoms. The van der Waals surface area contributed by atoms with Gasteiger partial charge in [0, 0.05) is 23.0 Å². The van der Waals surface area contributed by atoms with Crippen LogP contribution in [0, 0.1) is 11.3 Å². The Kier molecular flexibility index (Phi) is 7.18. The summed E-state index contributed by atoms with van der Waals surface area (Å²) in [4.78, 5) is 15.2. The number of aromatic nitrogens is 1. The highest BCUT2D eigenvalue weighted by atomic mass is 32.2. The molecule has 3 aromatic rings. The average Bonchev–Trinajstić information content (AvgIpc) is 2.76. The van der Waals surface area contributed by atoms with Gasteiger partial charge >= 0.3 is 0 Å². The van der Waals surface area contributed by atoms with Crippen LogP contribution in [-0.4, -0.2) is 26.8 Å². The summed E-state index contributed by atoms with van der Waals surface area (Å²) < 4.78 is 31.2. The lowest BCUT2D eigenvalue weighted by atomic mass is 9.81. The number of anilines is 1. The maximum atomic E-state index is 12.5. The zero-order valence-corrected chi connectivity index (χ0v) is 20.8. The summed E-state index contributed by atoms with van der Waals surface area (Å²) in [7, 11) is -1.78. The number of rotatable bonds is 7. The fourth-order valence-corrected chi connectivity index (χ4v) is 4.46. The maximum Gasteiger partial charge on any atom is 0.255 e. The second-order valence-corrected chi connectivity index (χ2v) is 11.0. The molecule has 0 saturated carbocycles. The Labute approximate surface area is 200 Å². The molecule has 0 radical (unpaired) electrons. The Morgan fingerprint density at radius 2 is 1.82 bits per heavy atom. The molecule has 8 heteroatoms. The van der Waals surface area contributed by atoms with E-state index in [-0.39, 0.29) is 11.0 Å². The standard InChI is InChI=1S/C26H29N3O4S/c1-26(2,3)23-15-18(22-7-6-12-28-25(22)30)13-19(24(23)33-4)14-20(16-27)17-8-10-21(11-9-17)29-34(5,31)32/h6-13,15,20,29H,14H2,1-5H3,(H,28,30). The molecule has 0 saturated heterocycles. The molecular formula is C26H29N3O4S. The van der Waals surface area contributed by atoms with E-state index in [0.29, 0.717) is 23.4 Å². The van der Waals surface area contributed by atoms with Crippen molar-refractivity contribution in [3.8, 4) is 22.9 Å². The third-order valence-electron chi connectivity index (χ3n) is 5.50. The van der Waals surface area contributed by atoms with Crippen LogP contribution in [0.15, 0.2) is 59.5 Å². The molecular weight excluding hydrogens is 450 g/mol. The van der Waals surface area contributed by atoms with Gasteiger partial charge in [-0.15, -0.1) is 0 Å². The van der Waals surface area contributed by atoms with Crippen LogP contribution in [0.4, 0.5) is 5.69 Å². The molecule has 1 unspecified atom stereocenters. The molecule has 0 aliphatic heterocycles. The van der Waals surface area contributed by atoms with Gasteiger partial charge in [0.05, 0.1) is 25.4 Å². The summed E-state index contributed by atoms with van der Waals surface area (Å²) in [5, 5.41) is 9.96. The van der Waals surface area contributed by atoms with E-state index < -0.39 is 15.9 Å². The number of nitriles is 1. The molecule has 0 amide bonds. The van der Waals surface area contributed by atoms with Gasteiger partial charge in [0.25, 0.3) is 5.56 Å². The second-order valence-electron chi connectivity index (χ2n) is 9.26. The van der Waals surface area contributed by atoms with Gasteiger partial charge in [-0.3, -0.25) is 9.52 Å². The zero-order chi connectivity index (χ0) is 25.1. The van der Waals surface area contributed by atoms with Crippen LogP contribution in [-0.2, 0) is 21.9 Å². The number of H-pyrrole nitrogens is 1. The topological polar surface area (TPSA) is 112 Å². The first-order valence-corrected chi connectivity index (χ1v) is 12.7. The molecule has 0 bridgehead atoms. The third kappa shape index (κ3) is 5.86. The number of sulfonamides is 1. The van der Waals surface area contributed by atoms with Crippen LogP contribution >= 0.6 is 0 Å². The summed E-state index contributed by atoms with van der Waals surface area (Å²) in [5.41, 5.74) is 3.79. The van der Waals surface area contributed by atoms with E-state index in [9.17, 15) is 18.5 Å². The fourth-order valence-electron chi connectivity index (χ4n) is 3.90. The van der Waals surface area contributed by atoms with Gasteiger partial charge < -0.3 is 9.72 Å². The van der Waals surface area contributed by atoms with Crippen LogP contribution in [0.2, 0.25) is 0 Å². The number of hydrogen-bond acceptors (Lipinski definition) is 5. The van der Waals surface area contributed by atoms with Crippen molar-refractivity contribution >= 4 is 15.7 Å². The second kappa shape index (κ2) is 9.74. The van der Waals surface area contributed by atoms with Crippen molar-refractivity contribution < 1.29 is 13.2 Å². The molecule has 0 aliphatic rings. The van der Waals surface area contributed by atoms with Crippen molar-refractivity contribution in [2.75, 3.05) is 18.1 Å². The largest absolute Gasteiger partial charge is 0.496 e. The minimum absolute atomic E-state index is 0.190. The molecule has 7 nitrogen and oxygen atoms in total. The van der Waals surface area contributed by atoms with Gasteiger partial charge in [-0.05, 0) is 64.9 Å². The van der Waals surface area contributed by atoms with Crippen molar-refractivity contribution in [2.24, 2.45) is 0 Å². The van der Waals surface area contributed by atoms with Gasteiger partial charge in [0.15, 0.2) is 0 Å². The van der Waals surface area contributed by atoms with E-state index in [0.717, 1.165) is 28.5 Å². The Morgan fingerprint density at radius 3 is 2.35 bits per heavy atom. The Morgan fingerprint density at radius 1 is 1.15 bits per heavy atom. The van der Waals surface area contributed by atoms with Crippen molar-refractivity contribution in [3.05, 3.63) is 81.8 Å². The Hall–Kier alpha value is -3.57. The number of ether oxygens (including phenoxy) is 1. The van der Waals surface area contributed by atoms with E-state index in [2.05, 4.69) is 36.5 Å². The van der Waals surface area contributed by atoms with Crippen molar-refractivity contribution in [1.29, 1.82) is 5.26 Å². The number of nitrogens with one attached hydrogen (secondary N) is 2. The van der Waals surface area contributed by atoms with Crippen LogP contribution in [0.1, 0.15) is 43.4 Å². The minimum atomic E-state index is -3.39. The van der Waals surface area contributed by atoms with Crippen LogP contribution in [0.3, 0.4) is 0 Å². The number of methoxy groups -OCH3 is 1. The van der Waals surface area contributed by atoms with Crippen LogP contribution in [0.5, 0.6) is 5.75 Å². The summed E-state index contributed by atoms with van der Waals surface area (Å²) in [5.74, 6) is 0.192. The van der Waals surface area contributed by atoms with E-state index in [4.69, 9.17) is 4.74 Å². The van der Waals surface area contributed by atoms with E-state index >= 15 is 0 Å². The first-order chi connectivity index (χ1) is 15.9.